The van der Waals surface area contributed by atoms with E-state index in [-0.39, 0.29) is 10.6 Å². The molecular formula is C30H28ClN3O5S. The molecule has 0 fully saturated rings. The van der Waals surface area contributed by atoms with Crippen LogP contribution in [0.15, 0.2) is 107 Å². The summed E-state index contributed by atoms with van der Waals surface area (Å²) in [5, 5.41) is 4.64. The molecule has 1 amide bonds. The number of hydrogen-bond acceptors (Lipinski definition) is 6. The van der Waals surface area contributed by atoms with Crippen LogP contribution in [0.5, 0.6) is 11.5 Å². The molecule has 0 saturated carbocycles. The van der Waals surface area contributed by atoms with Gasteiger partial charge in [-0.15, -0.1) is 0 Å². The number of ether oxygens (including phenoxy) is 2. The molecule has 4 aromatic carbocycles. The number of hydrazone groups is 1. The Balaban J connectivity index is 1.43. The van der Waals surface area contributed by atoms with Crippen molar-refractivity contribution in [1.29, 1.82) is 0 Å². The molecule has 0 unspecified atom stereocenters. The lowest BCUT2D eigenvalue weighted by atomic mass is 10.2. The largest absolute Gasteiger partial charge is 0.495 e. The zero-order valence-electron chi connectivity index (χ0n) is 22.0. The summed E-state index contributed by atoms with van der Waals surface area (Å²) >= 11 is 6.01. The predicted molar refractivity (Wildman–Crippen MR) is 157 cm³/mol. The number of nitrogens with zero attached hydrogens (tertiary/aromatic N) is 2. The van der Waals surface area contributed by atoms with Gasteiger partial charge in [-0.05, 0) is 78.7 Å². The number of carbonyl (C=O) groups excluding carboxylic acids is 1. The lowest BCUT2D eigenvalue weighted by Crippen LogP contribution is -2.39. The fourth-order valence-corrected chi connectivity index (χ4v) is 5.41. The molecular weight excluding hydrogens is 550 g/mol. The van der Waals surface area contributed by atoms with Gasteiger partial charge in [0, 0.05) is 5.02 Å². The first-order chi connectivity index (χ1) is 19.3. The Hall–Kier alpha value is -4.34. The number of para-hydroxylation sites is 2. The number of aryl methyl sites for hydroxylation is 1. The average Bonchev–Trinajstić information content (AvgIpc) is 2.96. The third kappa shape index (κ3) is 7.40. The topological polar surface area (TPSA) is 97.3 Å². The van der Waals surface area contributed by atoms with E-state index < -0.39 is 22.5 Å². The van der Waals surface area contributed by atoms with Crippen LogP contribution in [0.4, 0.5) is 5.69 Å². The van der Waals surface area contributed by atoms with E-state index in [1.807, 2.05) is 25.1 Å². The standard InChI is InChI=1S/C30H28ClN3O5S/c1-22-10-16-27(17-11-22)40(36,37)34(28-8-3-4-9-29(28)38-2)20-30(35)33-32-19-23-12-14-26(15-13-23)39-21-24-6-5-7-25(31)18-24/h3-19H,20-21H2,1-2H3,(H,33,35)/b32-19-. The smallest absolute Gasteiger partial charge is 0.264 e. The van der Waals surface area contributed by atoms with Crippen molar-refractivity contribution in [1.82, 2.24) is 5.43 Å². The minimum Gasteiger partial charge on any atom is -0.495 e. The van der Waals surface area contributed by atoms with Crippen molar-refractivity contribution < 1.29 is 22.7 Å². The first kappa shape index (κ1) is 28.7. The van der Waals surface area contributed by atoms with Gasteiger partial charge >= 0.3 is 0 Å². The molecule has 4 aromatic rings. The van der Waals surface area contributed by atoms with Crippen LogP contribution in [0.2, 0.25) is 5.02 Å². The summed E-state index contributed by atoms with van der Waals surface area (Å²) in [6.45, 7) is 1.73. The summed E-state index contributed by atoms with van der Waals surface area (Å²) in [6.07, 6.45) is 1.46. The van der Waals surface area contributed by atoms with Crippen LogP contribution in [0.3, 0.4) is 0 Å². The highest BCUT2D eigenvalue weighted by molar-refractivity contribution is 7.92. The Morgan fingerprint density at radius 2 is 1.70 bits per heavy atom. The summed E-state index contributed by atoms with van der Waals surface area (Å²) in [5.41, 5.74) is 5.22. The van der Waals surface area contributed by atoms with Gasteiger partial charge in [0.2, 0.25) is 0 Å². The highest BCUT2D eigenvalue weighted by Gasteiger charge is 2.29. The van der Waals surface area contributed by atoms with Gasteiger partial charge in [-0.2, -0.15) is 5.10 Å². The van der Waals surface area contributed by atoms with Crippen molar-refractivity contribution in [3.8, 4) is 11.5 Å². The fourth-order valence-electron chi connectivity index (χ4n) is 3.76. The normalized spacial score (nSPS) is 11.3. The van der Waals surface area contributed by atoms with Crippen molar-refractivity contribution in [3.63, 3.8) is 0 Å². The SMILES string of the molecule is COc1ccccc1N(CC(=O)N/N=C\c1ccc(OCc2cccc(Cl)c2)cc1)S(=O)(=O)c1ccc(C)cc1. The molecule has 4 rings (SSSR count). The quantitative estimate of drug-likeness (QED) is 0.185. The molecule has 0 spiro atoms. The number of benzene rings is 4. The first-order valence-corrected chi connectivity index (χ1v) is 14.1. The maximum Gasteiger partial charge on any atom is 0.264 e. The van der Waals surface area contributed by atoms with E-state index in [1.165, 1.54) is 25.5 Å². The highest BCUT2D eigenvalue weighted by atomic mass is 35.5. The monoisotopic (exact) mass is 577 g/mol. The second-order valence-corrected chi connectivity index (χ2v) is 11.1. The van der Waals surface area contributed by atoms with Crippen molar-refractivity contribution in [3.05, 3.63) is 119 Å². The van der Waals surface area contributed by atoms with Crippen molar-refractivity contribution in [2.24, 2.45) is 5.10 Å². The minimum atomic E-state index is -4.09. The van der Waals surface area contributed by atoms with E-state index in [0.717, 1.165) is 15.4 Å². The van der Waals surface area contributed by atoms with Gasteiger partial charge in [0.25, 0.3) is 15.9 Å². The Morgan fingerprint density at radius 1 is 0.975 bits per heavy atom. The lowest BCUT2D eigenvalue weighted by molar-refractivity contribution is -0.119. The van der Waals surface area contributed by atoms with E-state index in [2.05, 4.69) is 10.5 Å². The van der Waals surface area contributed by atoms with Gasteiger partial charge in [0.1, 0.15) is 24.7 Å². The van der Waals surface area contributed by atoms with Gasteiger partial charge in [0.15, 0.2) is 0 Å². The molecule has 0 aliphatic heterocycles. The number of methoxy groups -OCH3 is 1. The number of halogens is 1. The minimum absolute atomic E-state index is 0.0537. The van der Waals surface area contributed by atoms with E-state index in [0.29, 0.717) is 28.7 Å². The molecule has 0 heterocycles. The third-order valence-corrected chi connectivity index (χ3v) is 7.84. The van der Waals surface area contributed by atoms with E-state index in [1.54, 1.807) is 66.7 Å². The first-order valence-electron chi connectivity index (χ1n) is 12.3. The zero-order valence-corrected chi connectivity index (χ0v) is 23.5. The number of sulfonamides is 1. The Labute approximate surface area is 238 Å². The van der Waals surface area contributed by atoms with Crippen LogP contribution >= 0.6 is 11.6 Å². The van der Waals surface area contributed by atoms with Gasteiger partial charge in [-0.1, -0.05) is 53.6 Å². The van der Waals surface area contributed by atoms with E-state index in [4.69, 9.17) is 21.1 Å². The van der Waals surface area contributed by atoms with Crippen LogP contribution in [0.1, 0.15) is 16.7 Å². The highest BCUT2D eigenvalue weighted by Crippen LogP contribution is 2.32. The third-order valence-electron chi connectivity index (χ3n) is 5.83. The van der Waals surface area contributed by atoms with Crippen molar-refractivity contribution in [2.45, 2.75) is 18.4 Å². The molecule has 0 aromatic heterocycles. The molecule has 8 nitrogen and oxygen atoms in total. The predicted octanol–water partition coefficient (Wildman–Crippen LogP) is 5.58. The van der Waals surface area contributed by atoms with Crippen LogP contribution in [0.25, 0.3) is 0 Å². The number of rotatable bonds is 11. The van der Waals surface area contributed by atoms with E-state index in [9.17, 15) is 13.2 Å². The molecule has 0 radical (unpaired) electrons. The van der Waals surface area contributed by atoms with Crippen LogP contribution < -0.4 is 19.2 Å². The van der Waals surface area contributed by atoms with Crippen LogP contribution in [0, 0.1) is 6.92 Å². The zero-order chi connectivity index (χ0) is 28.5. The molecule has 0 atom stereocenters. The number of anilines is 1. The van der Waals surface area contributed by atoms with E-state index >= 15 is 0 Å². The Bertz CT molecular complexity index is 1590. The molecule has 0 aliphatic rings. The molecule has 10 heteroatoms. The summed E-state index contributed by atoms with van der Waals surface area (Å²) in [5.74, 6) is 0.349. The molecule has 0 bridgehead atoms. The second kappa shape index (κ2) is 13.1. The van der Waals surface area contributed by atoms with Gasteiger partial charge in [-0.25, -0.2) is 13.8 Å². The van der Waals surface area contributed by atoms with Crippen LogP contribution in [-0.2, 0) is 21.4 Å². The summed E-state index contributed by atoms with van der Waals surface area (Å²) in [7, 11) is -2.65. The number of carbonyl (C=O) groups is 1. The number of nitrogens with one attached hydrogen (secondary N) is 1. The van der Waals surface area contributed by atoms with Crippen LogP contribution in [-0.4, -0.2) is 34.2 Å². The molecule has 0 saturated heterocycles. The number of hydrogen-bond donors (Lipinski definition) is 1. The molecule has 1 N–H and O–H groups in total. The summed E-state index contributed by atoms with van der Waals surface area (Å²) < 4.78 is 39.3. The van der Waals surface area contributed by atoms with Crippen molar-refractivity contribution >= 4 is 39.4 Å². The maximum atomic E-state index is 13.6. The summed E-state index contributed by atoms with van der Waals surface area (Å²) in [6, 6.07) is 27.6. The van der Waals surface area contributed by atoms with Crippen molar-refractivity contribution in [2.75, 3.05) is 18.0 Å². The number of amides is 1. The maximum absolute atomic E-state index is 13.6. The Morgan fingerprint density at radius 3 is 2.40 bits per heavy atom. The molecule has 206 valence electrons. The molecule has 40 heavy (non-hydrogen) atoms. The fraction of sp³-hybridized carbons (Fsp3) is 0.133. The second-order valence-electron chi connectivity index (χ2n) is 8.78. The van der Waals surface area contributed by atoms with Gasteiger partial charge in [0.05, 0.1) is 23.9 Å². The average molecular weight is 578 g/mol. The Kier molecular flexibility index (Phi) is 9.42. The van der Waals surface area contributed by atoms with Gasteiger partial charge < -0.3 is 9.47 Å². The molecule has 0 aliphatic carbocycles. The summed E-state index contributed by atoms with van der Waals surface area (Å²) in [4.78, 5) is 12.9. The van der Waals surface area contributed by atoms with Gasteiger partial charge in [-0.3, -0.25) is 9.10 Å². The lowest BCUT2D eigenvalue weighted by Gasteiger charge is -2.25.